The van der Waals surface area contributed by atoms with Crippen LogP contribution >= 0.6 is 0 Å². The van der Waals surface area contributed by atoms with Crippen molar-refractivity contribution < 1.29 is 47.9 Å². The van der Waals surface area contributed by atoms with Gasteiger partial charge in [-0.3, -0.25) is 40.6 Å². The van der Waals surface area contributed by atoms with Crippen LogP contribution in [0, 0.1) is 20.2 Å². The standard InChI is InChI=1S/C28H22N4O12S/c33-27(22-4-2-6-25(32(38)39)26(22)28(34)35)29-18-7-11-20(12-8-18)45(41,42)21-13-9-19(10-14-21)30-43-15-17-3-1-5-24(31(36)37)23(17)16-44-40/h1-14,30,40H,15-16H2,(H,29,33)(H,34,35). The molecule has 1 amide bonds. The zero-order valence-corrected chi connectivity index (χ0v) is 23.6. The van der Waals surface area contributed by atoms with E-state index in [1.807, 2.05) is 0 Å². The Hall–Kier alpha value is -5.75. The molecule has 16 nitrogen and oxygen atoms in total. The summed E-state index contributed by atoms with van der Waals surface area (Å²) in [5.74, 6) is -2.60. The lowest BCUT2D eigenvalue weighted by molar-refractivity contribution is -0.387. The summed E-state index contributed by atoms with van der Waals surface area (Å²) in [5.41, 5.74) is 1.32. The smallest absolute Gasteiger partial charge is 0.343 e. The molecule has 0 aromatic heterocycles. The lowest BCUT2D eigenvalue weighted by atomic mass is 10.0. The molecular weight excluding hydrogens is 616 g/mol. The first kappa shape index (κ1) is 32.2. The number of hydrogen-bond acceptors (Lipinski definition) is 12. The number of nitro benzene ring substituents is 2. The molecule has 0 bridgehead atoms. The van der Waals surface area contributed by atoms with Crippen molar-refractivity contribution in [2.45, 2.75) is 23.0 Å². The number of carbonyl (C=O) groups is 2. The van der Waals surface area contributed by atoms with Crippen molar-refractivity contribution >= 4 is 44.5 Å². The summed E-state index contributed by atoms with van der Waals surface area (Å²) in [6, 6.07) is 18.0. The fourth-order valence-corrected chi connectivity index (χ4v) is 5.48. The second kappa shape index (κ2) is 13.7. The maximum atomic E-state index is 13.2. The fourth-order valence-electron chi connectivity index (χ4n) is 4.22. The van der Waals surface area contributed by atoms with Crippen LogP contribution in [0.15, 0.2) is 94.7 Å². The molecule has 0 aliphatic carbocycles. The van der Waals surface area contributed by atoms with Crippen LogP contribution in [-0.4, -0.2) is 40.5 Å². The van der Waals surface area contributed by atoms with Crippen molar-refractivity contribution in [1.29, 1.82) is 0 Å². The minimum Gasteiger partial charge on any atom is -0.477 e. The van der Waals surface area contributed by atoms with Gasteiger partial charge in [0.1, 0.15) is 18.8 Å². The Labute approximate surface area is 253 Å². The average molecular weight is 639 g/mol. The molecule has 0 radical (unpaired) electrons. The zero-order chi connectivity index (χ0) is 32.7. The predicted octanol–water partition coefficient (Wildman–Crippen LogP) is 4.82. The zero-order valence-electron chi connectivity index (χ0n) is 22.8. The van der Waals surface area contributed by atoms with Crippen LogP contribution in [0.1, 0.15) is 31.8 Å². The summed E-state index contributed by atoms with van der Waals surface area (Å²) in [7, 11) is -4.01. The minimum atomic E-state index is -4.01. The Morgan fingerprint density at radius 1 is 0.778 bits per heavy atom. The van der Waals surface area contributed by atoms with Gasteiger partial charge in [-0.15, -0.1) is 0 Å². The van der Waals surface area contributed by atoms with Gasteiger partial charge in [-0.05, 0) is 60.2 Å². The molecule has 4 rings (SSSR count). The maximum Gasteiger partial charge on any atom is 0.343 e. The van der Waals surface area contributed by atoms with Crippen molar-refractivity contribution in [2.24, 2.45) is 0 Å². The van der Waals surface area contributed by atoms with Crippen LogP contribution in [0.4, 0.5) is 22.7 Å². The molecule has 4 aromatic carbocycles. The summed E-state index contributed by atoms with van der Waals surface area (Å²) in [6.07, 6.45) is 0. The van der Waals surface area contributed by atoms with Gasteiger partial charge in [0.2, 0.25) is 9.84 Å². The number of carboxylic acid groups (broad SMARTS) is 1. The van der Waals surface area contributed by atoms with Crippen LogP contribution in [-0.2, 0) is 32.8 Å². The first-order chi connectivity index (χ1) is 21.4. The van der Waals surface area contributed by atoms with E-state index in [1.54, 1.807) is 6.07 Å². The molecule has 0 saturated heterocycles. The van der Waals surface area contributed by atoms with Gasteiger partial charge in [-0.1, -0.05) is 18.2 Å². The van der Waals surface area contributed by atoms with E-state index in [0.717, 1.165) is 12.1 Å². The van der Waals surface area contributed by atoms with E-state index in [2.05, 4.69) is 15.7 Å². The van der Waals surface area contributed by atoms with Crippen LogP contribution in [0.5, 0.6) is 0 Å². The number of benzene rings is 4. The number of aromatic carboxylic acids is 1. The molecule has 0 atom stereocenters. The second-order valence-electron chi connectivity index (χ2n) is 9.10. The van der Waals surface area contributed by atoms with Crippen LogP contribution < -0.4 is 10.8 Å². The molecule has 17 heteroatoms. The molecular formula is C28H22N4O12S. The van der Waals surface area contributed by atoms with Crippen molar-refractivity contribution in [1.82, 2.24) is 0 Å². The Morgan fingerprint density at radius 3 is 1.89 bits per heavy atom. The van der Waals surface area contributed by atoms with Gasteiger partial charge < -0.3 is 10.4 Å². The van der Waals surface area contributed by atoms with Gasteiger partial charge in [-0.25, -0.2) is 18.1 Å². The minimum absolute atomic E-state index is 0.0754. The average Bonchev–Trinajstić information content (AvgIpc) is 3.01. The Balaban J connectivity index is 1.42. The van der Waals surface area contributed by atoms with Crippen molar-refractivity contribution in [3.63, 3.8) is 0 Å². The van der Waals surface area contributed by atoms with Gasteiger partial charge >= 0.3 is 5.97 Å². The highest BCUT2D eigenvalue weighted by molar-refractivity contribution is 7.91. The molecule has 0 fully saturated rings. The highest BCUT2D eigenvalue weighted by atomic mass is 32.2. The second-order valence-corrected chi connectivity index (χ2v) is 11.1. The fraction of sp³-hybridized carbons (Fsp3) is 0.0714. The molecule has 0 heterocycles. The van der Waals surface area contributed by atoms with Crippen molar-refractivity contribution in [3.8, 4) is 0 Å². The number of sulfone groups is 1. The Bertz CT molecular complexity index is 1880. The van der Waals surface area contributed by atoms with E-state index in [0.29, 0.717) is 11.3 Å². The van der Waals surface area contributed by atoms with Gasteiger partial charge in [-0.2, -0.15) is 0 Å². The number of nitro groups is 2. The normalized spacial score (nSPS) is 11.0. The number of rotatable bonds is 13. The van der Waals surface area contributed by atoms with Crippen molar-refractivity contribution in [3.05, 3.63) is 127 Å². The van der Waals surface area contributed by atoms with Crippen LogP contribution in [0.3, 0.4) is 0 Å². The quantitative estimate of drug-likeness (QED) is 0.0874. The highest BCUT2D eigenvalue weighted by Gasteiger charge is 2.27. The van der Waals surface area contributed by atoms with E-state index >= 15 is 0 Å². The molecule has 0 aliphatic rings. The molecule has 4 aromatic rings. The van der Waals surface area contributed by atoms with Crippen molar-refractivity contribution in [2.75, 3.05) is 10.8 Å². The SMILES string of the molecule is O=C(Nc1ccc(S(=O)(=O)c2ccc(NOCc3cccc([N+](=O)[O-])c3COO)cc2)cc1)c1cccc([N+](=O)[O-])c1C(=O)O. The molecule has 232 valence electrons. The Morgan fingerprint density at radius 2 is 1.33 bits per heavy atom. The highest BCUT2D eigenvalue weighted by Crippen LogP contribution is 2.27. The van der Waals surface area contributed by atoms with Gasteiger partial charge in [0, 0.05) is 17.8 Å². The number of carbonyl (C=O) groups excluding carboxylic acids is 1. The molecule has 0 spiro atoms. The summed E-state index contributed by atoms with van der Waals surface area (Å²) in [5, 5.41) is 43.0. The maximum absolute atomic E-state index is 13.2. The van der Waals surface area contributed by atoms with E-state index < -0.39 is 55.0 Å². The van der Waals surface area contributed by atoms with Crippen LogP contribution in [0.2, 0.25) is 0 Å². The Kier molecular flexibility index (Phi) is 9.79. The largest absolute Gasteiger partial charge is 0.477 e. The molecule has 45 heavy (non-hydrogen) atoms. The van der Waals surface area contributed by atoms with Gasteiger partial charge in [0.25, 0.3) is 17.3 Å². The number of nitrogens with zero attached hydrogens (tertiary/aromatic N) is 2. The number of anilines is 2. The molecule has 0 saturated carbocycles. The lowest BCUT2D eigenvalue weighted by Gasteiger charge is -2.12. The number of carboxylic acids is 1. The first-order valence-electron chi connectivity index (χ1n) is 12.6. The summed E-state index contributed by atoms with van der Waals surface area (Å²) in [6.45, 7) is -0.582. The van der Waals surface area contributed by atoms with Gasteiger partial charge in [0.05, 0.1) is 36.5 Å². The third-order valence-corrected chi connectivity index (χ3v) is 8.14. The topological polar surface area (TPSA) is 238 Å². The number of hydrogen-bond donors (Lipinski definition) is 4. The van der Waals surface area contributed by atoms with E-state index in [-0.39, 0.29) is 33.3 Å². The third kappa shape index (κ3) is 7.25. The summed E-state index contributed by atoms with van der Waals surface area (Å²) in [4.78, 5) is 54.5. The van der Waals surface area contributed by atoms with Gasteiger partial charge in [0.15, 0.2) is 0 Å². The van der Waals surface area contributed by atoms with E-state index in [4.69, 9.17) is 10.1 Å². The number of amides is 1. The predicted molar refractivity (Wildman–Crippen MR) is 155 cm³/mol. The monoisotopic (exact) mass is 638 g/mol. The van der Waals surface area contributed by atoms with E-state index in [1.165, 1.54) is 66.7 Å². The molecule has 0 aliphatic heterocycles. The summed E-state index contributed by atoms with van der Waals surface area (Å²) < 4.78 is 26.3. The first-order valence-corrected chi connectivity index (χ1v) is 14.1. The van der Waals surface area contributed by atoms with Crippen LogP contribution in [0.25, 0.3) is 0 Å². The van der Waals surface area contributed by atoms with E-state index in [9.17, 15) is 43.3 Å². The molecule has 0 unspecified atom stereocenters. The third-order valence-electron chi connectivity index (χ3n) is 6.36. The summed E-state index contributed by atoms with van der Waals surface area (Å²) >= 11 is 0. The lowest BCUT2D eigenvalue weighted by Crippen LogP contribution is -2.17. The molecule has 4 N–H and O–H groups in total. The number of nitrogens with one attached hydrogen (secondary N) is 2.